The minimum atomic E-state index is 0.130. The van der Waals surface area contributed by atoms with Crippen LogP contribution in [0.5, 0.6) is 0 Å². The van der Waals surface area contributed by atoms with Crippen molar-refractivity contribution in [3.05, 3.63) is 0 Å². The van der Waals surface area contributed by atoms with Crippen LogP contribution in [0.15, 0.2) is 0 Å². The van der Waals surface area contributed by atoms with Crippen LogP contribution in [0.2, 0.25) is 0 Å². The minimum Gasteiger partial charge on any atom is -0.354 e. The van der Waals surface area contributed by atoms with Gasteiger partial charge in [0, 0.05) is 25.9 Å². The third kappa shape index (κ3) is 43.1. The van der Waals surface area contributed by atoms with E-state index in [1.54, 1.807) is 0 Å². The molecule has 2 amide bonds. The zero-order valence-electron chi connectivity index (χ0n) is 34.5. The number of carbonyl (C=O) groups is 2. The molecule has 0 saturated heterocycles. The topological polar surface area (TPSA) is 58.2 Å². The van der Waals surface area contributed by atoms with E-state index in [0.29, 0.717) is 25.9 Å². The predicted octanol–water partition coefficient (Wildman–Crippen LogP) is 14.9. The molecule has 0 rings (SSSR count). The van der Waals surface area contributed by atoms with Gasteiger partial charge >= 0.3 is 0 Å². The molecule has 0 aliphatic heterocycles. The van der Waals surface area contributed by atoms with Crippen molar-refractivity contribution in [1.29, 1.82) is 0 Å². The lowest BCUT2D eigenvalue weighted by molar-refractivity contribution is -0.123. The SMILES string of the molecule is CCCCCCCCCCCCCCCCCCCCCC(=O)NCCNC(=O)CCCCCCCCCCCCCCCCCCCCC. The fraction of sp³-hybridized carbons (Fsp3) is 0.957. The zero-order chi connectivity index (χ0) is 36.3. The first-order valence-electron chi connectivity index (χ1n) is 23.2. The first-order valence-corrected chi connectivity index (χ1v) is 23.2. The van der Waals surface area contributed by atoms with Gasteiger partial charge in [-0.1, -0.05) is 245 Å². The van der Waals surface area contributed by atoms with E-state index in [1.165, 1.54) is 218 Å². The van der Waals surface area contributed by atoms with Gasteiger partial charge in [0.1, 0.15) is 0 Å². The van der Waals surface area contributed by atoms with Crippen molar-refractivity contribution < 1.29 is 9.59 Å². The molecule has 0 atom stereocenters. The van der Waals surface area contributed by atoms with Gasteiger partial charge in [0.15, 0.2) is 0 Å². The molecular formula is C46H92N2O2. The molecule has 4 heteroatoms. The van der Waals surface area contributed by atoms with Crippen LogP contribution in [0.4, 0.5) is 0 Å². The average Bonchev–Trinajstić information content (AvgIpc) is 3.12. The van der Waals surface area contributed by atoms with E-state index in [-0.39, 0.29) is 11.8 Å². The van der Waals surface area contributed by atoms with Crippen molar-refractivity contribution in [2.75, 3.05) is 13.1 Å². The first-order chi connectivity index (χ1) is 24.7. The lowest BCUT2D eigenvalue weighted by atomic mass is 10.0. The molecule has 0 aliphatic carbocycles. The molecule has 0 spiro atoms. The van der Waals surface area contributed by atoms with Crippen LogP contribution in [0.1, 0.15) is 271 Å². The zero-order valence-corrected chi connectivity index (χ0v) is 34.5. The summed E-state index contributed by atoms with van der Waals surface area (Å²) in [4.78, 5) is 24.2. The second kappa shape index (κ2) is 44.1. The molecule has 50 heavy (non-hydrogen) atoms. The summed E-state index contributed by atoms with van der Waals surface area (Å²) in [5.41, 5.74) is 0. The molecule has 0 unspecified atom stereocenters. The van der Waals surface area contributed by atoms with E-state index < -0.39 is 0 Å². The highest BCUT2D eigenvalue weighted by Crippen LogP contribution is 2.16. The summed E-state index contributed by atoms with van der Waals surface area (Å²) in [6, 6.07) is 0. The quantitative estimate of drug-likeness (QED) is 0.0621. The van der Waals surface area contributed by atoms with Crippen molar-refractivity contribution in [3.63, 3.8) is 0 Å². The Morgan fingerprint density at radius 1 is 0.260 bits per heavy atom. The lowest BCUT2D eigenvalue weighted by Gasteiger charge is -2.07. The van der Waals surface area contributed by atoms with Crippen LogP contribution in [-0.2, 0) is 9.59 Å². The Kier molecular flexibility index (Phi) is 43.2. The molecular weight excluding hydrogens is 613 g/mol. The summed E-state index contributed by atoms with van der Waals surface area (Å²) in [5.74, 6) is 0.259. The highest BCUT2D eigenvalue weighted by molar-refractivity contribution is 5.77. The Morgan fingerprint density at radius 2 is 0.420 bits per heavy atom. The Bertz CT molecular complexity index is 611. The van der Waals surface area contributed by atoms with E-state index in [2.05, 4.69) is 24.5 Å². The Hall–Kier alpha value is -1.06. The Labute approximate surface area is 315 Å². The van der Waals surface area contributed by atoms with Crippen LogP contribution in [-0.4, -0.2) is 24.9 Å². The smallest absolute Gasteiger partial charge is 0.220 e. The van der Waals surface area contributed by atoms with E-state index in [9.17, 15) is 9.59 Å². The monoisotopic (exact) mass is 705 g/mol. The van der Waals surface area contributed by atoms with Crippen LogP contribution < -0.4 is 10.6 Å². The molecule has 0 aromatic carbocycles. The van der Waals surface area contributed by atoms with Crippen molar-refractivity contribution in [3.8, 4) is 0 Å². The van der Waals surface area contributed by atoms with Crippen molar-refractivity contribution in [1.82, 2.24) is 10.6 Å². The second-order valence-corrected chi connectivity index (χ2v) is 15.9. The minimum absolute atomic E-state index is 0.130. The number of hydrogen-bond acceptors (Lipinski definition) is 2. The van der Waals surface area contributed by atoms with Crippen LogP contribution in [0, 0.1) is 0 Å². The van der Waals surface area contributed by atoms with Crippen molar-refractivity contribution in [2.24, 2.45) is 0 Å². The average molecular weight is 705 g/mol. The first kappa shape index (κ1) is 48.9. The van der Waals surface area contributed by atoms with Crippen LogP contribution in [0.3, 0.4) is 0 Å². The molecule has 0 bridgehead atoms. The largest absolute Gasteiger partial charge is 0.354 e. The number of hydrogen-bond donors (Lipinski definition) is 2. The summed E-state index contributed by atoms with van der Waals surface area (Å²) in [7, 11) is 0. The van der Waals surface area contributed by atoms with Gasteiger partial charge in [0.05, 0.1) is 0 Å². The molecule has 0 aromatic heterocycles. The van der Waals surface area contributed by atoms with E-state index in [4.69, 9.17) is 0 Å². The third-order valence-corrected chi connectivity index (χ3v) is 10.8. The molecule has 0 saturated carbocycles. The maximum Gasteiger partial charge on any atom is 0.220 e. The van der Waals surface area contributed by atoms with E-state index in [1.807, 2.05) is 0 Å². The molecule has 2 N–H and O–H groups in total. The number of nitrogens with one attached hydrogen (secondary N) is 2. The summed E-state index contributed by atoms with van der Waals surface area (Å²) < 4.78 is 0. The summed E-state index contributed by atoms with van der Waals surface area (Å²) in [5, 5.41) is 5.94. The molecule has 4 nitrogen and oxygen atoms in total. The molecule has 0 fully saturated rings. The molecule has 0 aromatic rings. The Balaban J connectivity index is 3.24. The van der Waals surface area contributed by atoms with Gasteiger partial charge < -0.3 is 10.6 Å². The van der Waals surface area contributed by atoms with E-state index >= 15 is 0 Å². The molecule has 0 aliphatic rings. The molecule has 298 valence electrons. The number of rotatable bonds is 43. The normalized spacial score (nSPS) is 11.3. The van der Waals surface area contributed by atoms with Crippen LogP contribution in [0.25, 0.3) is 0 Å². The molecule has 0 heterocycles. The second-order valence-electron chi connectivity index (χ2n) is 15.9. The highest BCUT2D eigenvalue weighted by atomic mass is 16.2. The number of amides is 2. The third-order valence-electron chi connectivity index (χ3n) is 10.8. The predicted molar refractivity (Wildman–Crippen MR) is 222 cm³/mol. The fourth-order valence-electron chi connectivity index (χ4n) is 7.31. The maximum absolute atomic E-state index is 12.1. The van der Waals surface area contributed by atoms with Crippen LogP contribution >= 0.6 is 0 Å². The van der Waals surface area contributed by atoms with Crippen molar-refractivity contribution >= 4 is 11.8 Å². The van der Waals surface area contributed by atoms with Crippen molar-refractivity contribution in [2.45, 2.75) is 271 Å². The van der Waals surface area contributed by atoms with Gasteiger partial charge in [-0.3, -0.25) is 9.59 Å². The van der Waals surface area contributed by atoms with Gasteiger partial charge in [-0.05, 0) is 12.8 Å². The summed E-state index contributed by atoms with van der Waals surface area (Å²) >= 11 is 0. The summed E-state index contributed by atoms with van der Waals surface area (Å²) in [6.07, 6.45) is 53.2. The van der Waals surface area contributed by atoms with Gasteiger partial charge in [-0.2, -0.15) is 0 Å². The van der Waals surface area contributed by atoms with Gasteiger partial charge in [-0.25, -0.2) is 0 Å². The van der Waals surface area contributed by atoms with Gasteiger partial charge in [0.25, 0.3) is 0 Å². The van der Waals surface area contributed by atoms with Gasteiger partial charge in [0.2, 0.25) is 11.8 Å². The standard InChI is InChI=1S/C46H92N2O2/c1-3-5-7-9-11-13-15-17-19-21-23-25-27-29-31-33-35-37-39-41-45(49)47-43-44-48-46(50)42-40-38-36-34-32-30-28-26-24-22-20-18-16-14-12-10-8-6-4-2/h3-44H2,1-2H3,(H,47,49)(H,48,50). The maximum atomic E-state index is 12.1. The molecule has 0 radical (unpaired) electrons. The fourth-order valence-corrected chi connectivity index (χ4v) is 7.31. The lowest BCUT2D eigenvalue weighted by Crippen LogP contribution is -2.34. The number of carbonyl (C=O) groups excluding carboxylic acids is 2. The summed E-state index contributed by atoms with van der Waals surface area (Å²) in [6.45, 7) is 5.67. The highest BCUT2D eigenvalue weighted by Gasteiger charge is 2.04. The van der Waals surface area contributed by atoms with Gasteiger partial charge in [-0.15, -0.1) is 0 Å². The number of unbranched alkanes of at least 4 members (excludes halogenated alkanes) is 36. The Morgan fingerprint density at radius 3 is 0.600 bits per heavy atom. The van der Waals surface area contributed by atoms with E-state index in [0.717, 1.165) is 25.7 Å².